The normalized spacial score (nSPS) is 22.6. The number of allylic oxidation sites excluding steroid dienone is 3. The summed E-state index contributed by atoms with van der Waals surface area (Å²) in [5, 5.41) is 3.65. The molecular weight excluding hydrogens is 250 g/mol. The summed E-state index contributed by atoms with van der Waals surface area (Å²) < 4.78 is 0. The van der Waals surface area contributed by atoms with Crippen LogP contribution in [-0.4, -0.2) is 11.5 Å². The number of hydrogen-bond acceptors (Lipinski definition) is 1. The van der Waals surface area contributed by atoms with E-state index in [2.05, 4.69) is 55.6 Å². The Bertz CT molecular complexity index is 536. The zero-order valence-corrected chi connectivity index (χ0v) is 12.7. The van der Waals surface area contributed by atoms with E-state index >= 15 is 0 Å². The predicted octanol–water partition coefficient (Wildman–Crippen LogP) is 5.27. The van der Waals surface area contributed by atoms with Crippen LogP contribution in [0.5, 0.6) is 0 Å². The molecule has 2 heterocycles. The average molecular weight is 273 g/mol. The summed E-state index contributed by atoms with van der Waals surface area (Å²) in [6, 6.07) is 8.95. The van der Waals surface area contributed by atoms with Crippen LogP contribution in [0.1, 0.15) is 33.1 Å². The number of fused-ring (bicyclic) bond motifs is 2. The smallest absolute Gasteiger partial charge is 0.0510 e. The molecular formula is C17H23NS. The molecule has 1 aromatic rings. The van der Waals surface area contributed by atoms with E-state index in [9.17, 15) is 0 Å². The summed E-state index contributed by atoms with van der Waals surface area (Å²) in [5.74, 6) is 2.78. The van der Waals surface area contributed by atoms with Crippen molar-refractivity contribution < 1.29 is 0 Å². The maximum absolute atomic E-state index is 3.65. The van der Waals surface area contributed by atoms with Crippen LogP contribution in [0.15, 0.2) is 51.9 Å². The largest absolute Gasteiger partial charge is 0.354 e. The third kappa shape index (κ3) is 2.02. The van der Waals surface area contributed by atoms with Crippen LogP contribution in [0.25, 0.3) is 0 Å². The summed E-state index contributed by atoms with van der Waals surface area (Å²) in [6.07, 6.45) is 8.44. The van der Waals surface area contributed by atoms with Crippen molar-refractivity contribution in [3.63, 3.8) is 0 Å². The summed E-state index contributed by atoms with van der Waals surface area (Å²) in [6.45, 7) is 4.56. The maximum atomic E-state index is 3.65. The summed E-state index contributed by atoms with van der Waals surface area (Å²) in [7, 11) is -0.714. The predicted molar refractivity (Wildman–Crippen MR) is 87.0 cm³/mol. The Morgan fingerprint density at radius 3 is 2.68 bits per heavy atom. The summed E-state index contributed by atoms with van der Waals surface area (Å²) in [5.41, 5.74) is 2.71. The Balaban J connectivity index is 2.13. The van der Waals surface area contributed by atoms with Crippen LogP contribution in [0.2, 0.25) is 0 Å². The zero-order valence-electron chi connectivity index (χ0n) is 11.9. The molecule has 0 saturated carbocycles. The van der Waals surface area contributed by atoms with Crippen molar-refractivity contribution in [2.24, 2.45) is 0 Å². The first-order valence-corrected chi connectivity index (χ1v) is 9.27. The fourth-order valence-electron chi connectivity index (χ4n) is 3.24. The first-order valence-electron chi connectivity index (χ1n) is 7.30. The van der Waals surface area contributed by atoms with Gasteiger partial charge in [-0.25, -0.2) is 0 Å². The van der Waals surface area contributed by atoms with E-state index in [1.54, 1.807) is 9.80 Å². The second-order valence-electron chi connectivity index (χ2n) is 5.40. The molecule has 102 valence electrons. The highest BCUT2D eigenvalue weighted by molar-refractivity contribution is 8.37. The van der Waals surface area contributed by atoms with Gasteiger partial charge in [0.1, 0.15) is 0 Å². The Kier molecular flexibility index (Phi) is 3.44. The fourth-order valence-corrected chi connectivity index (χ4v) is 7.64. The Morgan fingerprint density at radius 1 is 1.21 bits per heavy atom. The molecule has 0 bridgehead atoms. The molecule has 0 aromatic heterocycles. The van der Waals surface area contributed by atoms with Crippen molar-refractivity contribution in [1.29, 1.82) is 0 Å². The van der Waals surface area contributed by atoms with Crippen molar-refractivity contribution >= 4 is 15.7 Å². The van der Waals surface area contributed by atoms with E-state index in [1.807, 2.05) is 0 Å². The summed E-state index contributed by atoms with van der Waals surface area (Å²) >= 11 is 0. The van der Waals surface area contributed by atoms with Gasteiger partial charge in [0, 0.05) is 10.6 Å². The monoisotopic (exact) mass is 273 g/mol. The average Bonchev–Trinajstić information content (AvgIpc) is 2.92. The minimum absolute atomic E-state index is 0.714. The number of benzene rings is 1. The van der Waals surface area contributed by atoms with Crippen LogP contribution in [-0.2, 0) is 0 Å². The Hall–Kier alpha value is -1.15. The van der Waals surface area contributed by atoms with E-state index in [4.69, 9.17) is 0 Å². The molecule has 1 spiro atoms. The summed E-state index contributed by atoms with van der Waals surface area (Å²) in [4.78, 5) is 3.21. The van der Waals surface area contributed by atoms with Crippen LogP contribution in [0.3, 0.4) is 0 Å². The lowest BCUT2D eigenvalue weighted by Crippen LogP contribution is -2.17. The second kappa shape index (κ2) is 5.09. The Labute approximate surface area is 118 Å². The van der Waals surface area contributed by atoms with E-state index < -0.39 is 10.0 Å². The lowest BCUT2D eigenvalue weighted by atomic mass is 10.2. The van der Waals surface area contributed by atoms with Crippen molar-refractivity contribution in [3.05, 3.63) is 47.0 Å². The minimum Gasteiger partial charge on any atom is -0.354 e. The van der Waals surface area contributed by atoms with Crippen molar-refractivity contribution in [2.75, 3.05) is 16.8 Å². The highest BCUT2D eigenvalue weighted by Gasteiger charge is 2.37. The van der Waals surface area contributed by atoms with Gasteiger partial charge >= 0.3 is 0 Å². The number of para-hydroxylation sites is 1. The molecule has 2 aliphatic rings. The van der Waals surface area contributed by atoms with Gasteiger partial charge in [0.15, 0.2) is 0 Å². The first-order chi connectivity index (χ1) is 9.28. The minimum atomic E-state index is -0.714. The third-order valence-electron chi connectivity index (χ3n) is 4.30. The maximum Gasteiger partial charge on any atom is 0.0510 e. The second-order valence-corrected chi connectivity index (χ2v) is 9.04. The van der Waals surface area contributed by atoms with Gasteiger partial charge in [0.25, 0.3) is 0 Å². The van der Waals surface area contributed by atoms with Crippen LogP contribution in [0.4, 0.5) is 5.69 Å². The molecule has 1 fully saturated rings. The first kappa shape index (κ1) is 12.9. The molecule has 1 saturated heterocycles. The van der Waals surface area contributed by atoms with E-state index in [1.165, 1.54) is 35.7 Å². The van der Waals surface area contributed by atoms with Gasteiger partial charge in [0.05, 0.1) is 5.69 Å². The molecule has 2 aliphatic heterocycles. The molecule has 0 aliphatic carbocycles. The van der Waals surface area contributed by atoms with Crippen LogP contribution < -0.4 is 5.32 Å². The van der Waals surface area contributed by atoms with Crippen LogP contribution >= 0.6 is 10.0 Å². The van der Waals surface area contributed by atoms with Gasteiger partial charge < -0.3 is 5.32 Å². The van der Waals surface area contributed by atoms with Gasteiger partial charge in [-0.1, -0.05) is 25.1 Å². The SMILES string of the molecule is CC/C=C\C1=C(C)S2(CCCC2)c2ccccc2N1. The van der Waals surface area contributed by atoms with Gasteiger partial charge in [-0.05, 0) is 60.8 Å². The van der Waals surface area contributed by atoms with E-state index in [0.29, 0.717) is 0 Å². The molecule has 1 aromatic carbocycles. The lowest BCUT2D eigenvalue weighted by Gasteiger charge is -2.43. The standard InChI is InChI=1S/C17H23NS/c1-3-4-9-15-14(2)19(12-7-8-13-19)17-11-6-5-10-16(17)18-15/h4-6,9-11,18H,3,7-8,12-13H2,1-2H3/b9-4-. The zero-order chi connectivity index (χ0) is 13.3. The molecule has 19 heavy (non-hydrogen) atoms. The number of rotatable bonds is 2. The van der Waals surface area contributed by atoms with Crippen molar-refractivity contribution in [3.8, 4) is 0 Å². The topological polar surface area (TPSA) is 12.0 Å². The van der Waals surface area contributed by atoms with Crippen molar-refractivity contribution in [2.45, 2.75) is 38.0 Å². The molecule has 3 rings (SSSR count). The molecule has 0 radical (unpaired) electrons. The lowest BCUT2D eigenvalue weighted by molar-refractivity contribution is 0.949. The Morgan fingerprint density at radius 2 is 1.95 bits per heavy atom. The molecule has 0 amide bonds. The van der Waals surface area contributed by atoms with Gasteiger partial charge in [-0.2, -0.15) is 10.0 Å². The van der Waals surface area contributed by atoms with Gasteiger partial charge in [-0.15, -0.1) is 0 Å². The molecule has 0 unspecified atom stereocenters. The molecule has 1 nitrogen and oxygen atoms in total. The van der Waals surface area contributed by atoms with E-state index in [-0.39, 0.29) is 0 Å². The highest BCUT2D eigenvalue weighted by atomic mass is 32.3. The fraction of sp³-hybridized carbons (Fsp3) is 0.412. The van der Waals surface area contributed by atoms with Crippen molar-refractivity contribution in [1.82, 2.24) is 0 Å². The van der Waals surface area contributed by atoms with Gasteiger partial charge in [-0.3, -0.25) is 0 Å². The molecule has 1 N–H and O–H groups in total. The third-order valence-corrected chi connectivity index (χ3v) is 8.86. The van der Waals surface area contributed by atoms with Crippen LogP contribution in [0, 0.1) is 0 Å². The van der Waals surface area contributed by atoms with E-state index in [0.717, 1.165) is 6.42 Å². The molecule has 0 atom stereocenters. The highest BCUT2D eigenvalue weighted by Crippen LogP contribution is 2.70. The molecule has 2 heteroatoms. The van der Waals surface area contributed by atoms with Gasteiger partial charge in [0.2, 0.25) is 0 Å². The quantitative estimate of drug-likeness (QED) is 0.774. The number of anilines is 1. The number of hydrogen-bond donors (Lipinski definition) is 1. The number of nitrogens with one attached hydrogen (secondary N) is 1.